The van der Waals surface area contributed by atoms with Crippen molar-refractivity contribution in [3.8, 4) is 11.1 Å². The minimum atomic E-state index is -0.00712. The largest absolute Gasteiger partial charge is 0.352 e. The van der Waals surface area contributed by atoms with E-state index < -0.39 is 0 Å². The molecular weight excluding hydrogens is 294 g/mol. The predicted octanol–water partition coefficient (Wildman–Crippen LogP) is 4.69. The standard InChI is InChI=1S/C22H21NO/c1-2-23-22(24)21-14-7-6-12-20(21)16-17-9-8-13-19(15-17)18-10-4-3-5-11-18/h3-15H,2,16H2,1H3,(H,23,24). The normalized spacial score (nSPS) is 10.4. The van der Waals surface area contributed by atoms with Crippen molar-refractivity contribution < 1.29 is 4.79 Å². The SMILES string of the molecule is CCNC(=O)c1ccccc1Cc1cccc(-c2ccccc2)c1. The number of nitrogens with one attached hydrogen (secondary N) is 1. The molecule has 0 aromatic heterocycles. The van der Waals surface area contributed by atoms with E-state index in [1.165, 1.54) is 16.7 Å². The fraction of sp³-hybridized carbons (Fsp3) is 0.136. The van der Waals surface area contributed by atoms with Gasteiger partial charge in [-0.15, -0.1) is 0 Å². The van der Waals surface area contributed by atoms with Crippen LogP contribution in [0.4, 0.5) is 0 Å². The molecule has 0 spiro atoms. The van der Waals surface area contributed by atoms with Crippen molar-refractivity contribution in [3.63, 3.8) is 0 Å². The van der Waals surface area contributed by atoms with Crippen LogP contribution in [0.15, 0.2) is 78.9 Å². The van der Waals surface area contributed by atoms with E-state index in [0.717, 1.165) is 17.5 Å². The minimum absolute atomic E-state index is 0.00712. The van der Waals surface area contributed by atoms with Crippen molar-refractivity contribution in [2.75, 3.05) is 6.54 Å². The van der Waals surface area contributed by atoms with E-state index in [9.17, 15) is 4.79 Å². The fourth-order valence-electron chi connectivity index (χ4n) is 2.86. The highest BCUT2D eigenvalue weighted by Gasteiger charge is 2.10. The van der Waals surface area contributed by atoms with Crippen LogP contribution in [0.2, 0.25) is 0 Å². The van der Waals surface area contributed by atoms with E-state index in [1.807, 2.05) is 49.4 Å². The zero-order valence-corrected chi connectivity index (χ0v) is 13.8. The van der Waals surface area contributed by atoms with Gasteiger partial charge in [-0.3, -0.25) is 4.79 Å². The summed E-state index contributed by atoms with van der Waals surface area (Å²) in [6, 6.07) is 26.7. The number of amides is 1. The monoisotopic (exact) mass is 315 g/mol. The maximum atomic E-state index is 12.2. The molecule has 2 nitrogen and oxygen atoms in total. The van der Waals surface area contributed by atoms with Gasteiger partial charge in [0.1, 0.15) is 0 Å². The number of hydrogen-bond acceptors (Lipinski definition) is 1. The van der Waals surface area contributed by atoms with Crippen molar-refractivity contribution in [1.29, 1.82) is 0 Å². The fourth-order valence-corrected chi connectivity index (χ4v) is 2.86. The molecule has 0 saturated carbocycles. The van der Waals surface area contributed by atoms with Crippen LogP contribution in [0.3, 0.4) is 0 Å². The minimum Gasteiger partial charge on any atom is -0.352 e. The average molecular weight is 315 g/mol. The second kappa shape index (κ2) is 7.60. The third-order valence-electron chi connectivity index (χ3n) is 4.03. The summed E-state index contributed by atoms with van der Waals surface area (Å²) >= 11 is 0. The van der Waals surface area contributed by atoms with Gasteiger partial charge in [-0.1, -0.05) is 72.8 Å². The molecular formula is C22H21NO. The molecule has 1 amide bonds. The lowest BCUT2D eigenvalue weighted by Crippen LogP contribution is -2.23. The first-order valence-electron chi connectivity index (χ1n) is 8.28. The first-order valence-corrected chi connectivity index (χ1v) is 8.28. The van der Waals surface area contributed by atoms with Crippen LogP contribution in [0.25, 0.3) is 11.1 Å². The summed E-state index contributed by atoms with van der Waals surface area (Å²) in [6.07, 6.45) is 0.744. The highest BCUT2D eigenvalue weighted by atomic mass is 16.1. The lowest BCUT2D eigenvalue weighted by molar-refractivity contribution is 0.0955. The highest BCUT2D eigenvalue weighted by molar-refractivity contribution is 5.95. The Morgan fingerprint density at radius 1 is 0.833 bits per heavy atom. The molecule has 3 aromatic carbocycles. The lowest BCUT2D eigenvalue weighted by Gasteiger charge is -2.10. The predicted molar refractivity (Wildman–Crippen MR) is 99.1 cm³/mol. The molecule has 0 saturated heterocycles. The van der Waals surface area contributed by atoms with Crippen LogP contribution in [0.5, 0.6) is 0 Å². The molecule has 2 heteroatoms. The molecule has 3 rings (SSSR count). The summed E-state index contributed by atoms with van der Waals surface area (Å²) in [7, 11) is 0. The van der Waals surface area contributed by atoms with E-state index in [4.69, 9.17) is 0 Å². The van der Waals surface area contributed by atoms with Gasteiger partial charge in [-0.05, 0) is 41.7 Å². The molecule has 0 heterocycles. The molecule has 0 atom stereocenters. The summed E-state index contributed by atoms with van der Waals surface area (Å²) in [5.74, 6) is -0.00712. The molecule has 0 aliphatic rings. The Morgan fingerprint density at radius 2 is 1.54 bits per heavy atom. The Balaban J connectivity index is 1.89. The van der Waals surface area contributed by atoms with E-state index in [2.05, 4.69) is 41.7 Å². The number of rotatable bonds is 5. The summed E-state index contributed by atoms with van der Waals surface area (Å²) in [5.41, 5.74) is 5.41. The van der Waals surface area contributed by atoms with E-state index in [0.29, 0.717) is 6.54 Å². The van der Waals surface area contributed by atoms with E-state index in [-0.39, 0.29) is 5.91 Å². The Kier molecular flexibility index (Phi) is 5.07. The van der Waals surface area contributed by atoms with Gasteiger partial charge < -0.3 is 5.32 Å². The molecule has 0 unspecified atom stereocenters. The molecule has 3 aromatic rings. The second-order valence-electron chi connectivity index (χ2n) is 5.76. The lowest BCUT2D eigenvalue weighted by atomic mass is 9.96. The zero-order valence-electron chi connectivity index (χ0n) is 13.8. The molecule has 0 fully saturated rings. The maximum Gasteiger partial charge on any atom is 0.251 e. The Hall–Kier alpha value is -2.87. The van der Waals surface area contributed by atoms with Gasteiger partial charge in [0.2, 0.25) is 0 Å². The van der Waals surface area contributed by atoms with Crippen molar-refractivity contribution in [1.82, 2.24) is 5.32 Å². The number of hydrogen-bond donors (Lipinski definition) is 1. The molecule has 0 aliphatic carbocycles. The Bertz CT molecular complexity index is 824. The summed E-state index contributed by atoms with van der Waals surface area (Å²) in [5, 5.41) is 2.89. The number of carbonyl (C=O) groups is 1. The molecule has 24 heavy (non-hydrogen) atoms. The van der Waals surface area contributed by atoms with Crippen LogP contribution >= 0.6 is 0 Å². The Labute approximate surface area is 143 Å². The van der Waals surface area contributed by atoms with Gasteiger partial charge in [0.25, 0.3) is 5.91 Å². The summed E-state index contributed by atoms with van der Waals surface area (Å²) in [4.78, 5) is 12.2. The van der Waals surface area contributed by atoms with Crippen molar-refractivity contribution in [3.05, 3.63) is 95.6 Å². The van der Waals surface area contributed by atoms with Crippen LogP contribution in [-0.2, 0) is 6.42 Å². The van der Waals surface area contributed by atoms with Crippen molar-refractivity contribution >= 4 is 5.91 Å². The van der Waals surface area contributed by atoms with Gasteiger partial charge in [0.15, 0.2) is 0 Å². The van der Waals surface area contributed by atoms with E-state index >= 15 is 0 Å². The average Bonchev–Trinajstić information content (AvgIpc) is 2.63. The quantitative estimate of drug-likeness (QED) is 0.727. The topological polar surface area (TPSA) is 29.1 Å². The summed E-state index contributed by atoms with van der Waals surface area (Å²) < 4.78 is 0. The van der Waals surface area contributed by atoms with Gasteiger partial charge >= 0.3 is 0 Å². The molecule has 120 valence electrons. The zero-order chi connectivity index (χ0) is 16.8. The first-order chi connectivity index (χ1) is 11.8. The smallest absolute Gasteiger partial charge is 0.251 e. The summed E-state index contributed by atoms with van der Waals surface area (Å²) in [6.45, 7) is 2.57. The van der Waals surface area contributed by atoms with Crippen LogP contribution < -0.4 is 5.32 Å². The third-order valence-corrected chi connectivity index (χ3v) is 4.03. The molecule has 0 radical (unpaired) electrons. The molecule has 0 bridgehead atoms. The first kappa shape index (κ1) is 16.0. The second-order valence-corrected chi connectivity index (χ2v) is 5.76. The number of carbonyl (C=O) groups excluding carboxylic acids is 1. The van der Waals surface area contributed by atoms with E-state index in [1.54, 1.807) is 0 Å². The van der Waals surface area contributed by atoms with Gasteiger partial charge in [0, 0.05) is 12.1 Å². The van der Waals surface area contributed by atoms with Gasteiger partial charge in [-0.25, -0.2) is 0 Å². The van der Waals surface area contributed by atoms with Crippen molar-refractivity contribution in [2.24, 2.45) is 0 Å². The van der Waals surface area contributed by atoms with Crippen LogP contribution in [0.1, 0.15) is 28.4 Å². The Morgan fingerprint density at radius 3 is 2.33 bits per heavy atom. The van der Waals surface area contributed by atoms with Crippen LogP contribution in [0, 0.1) is 0 Å². The molecule has 1 N–H and O–H groups in total. The van der Waals surface area contributed by atoms with Crippen LogP contribution in [-0.4, -0.2) is 12.5 Å². The van der Waals surface area contributed by atoms with Crippen molar-refractivity contribution in [2.45, 2.75) is 13.3 Å². The molecule has 0 aliphatic heterocycles. The van der Waals surface area contributed by atoms with Gasteiger partial charge in [-0.2, -0.15) is 0 Å². The third kappa shape index (κ3) is 3.72. The van der Waals surface area contributed by atoms with Gasteiger partial charge in [0.05, 0.1) is 0 Å². The number of benzene rings is 3. The highest BCUT2D eigenvalue weighted by Crippen LogP contribution is 2.22. The maximum absolute atomic E-state index is 12.2.